The molecule has 0 N–H and O–H groups in total. The molecular weight excluding hydrogens is 467 g/mol. The highest BCUT2D eigenvalue weighted by Crippen LogP contribution is 2.36. The van der Waals surface area contributed by atoms with E-state index >= 15 is 0 Å². The molecule has 4 aromatic rings. The average Bonchev–Trinajstić information content (AvgIpc) is 3.42. The highest BCUT2D eigenvalue weighted by molar-refractivity contribution is 5.96. The van der Waals surface area contributed by atoms with E-state index in [2.05, 4.69) is 4.57 Å². The van der Waals surface area contributed by atoms with Crippen LogP contribution >= 0.6 is 0 Å². The first kappa shape index (κ1) is 23.9. The largest absolute Gasteiger partial charge is 0.494 e. The van der Waals surface area contributed by atoms with Crippen molar-refractivity contribution in [1.29, 1.82) is 0 Å². The minimum Gasteiger partial charge on any atom is -0.494 e. The van der Waals surface area contributed by atoms with Crippen molar-refractivity contribution in [3.63, 3.8) is 0 Å². The number of imidazole rings is 1. The smallest absolute Gasteiger partial charge is 0.416 e. The lowest BCUT2D eigenvalue weighted by atomic mass is 10.1. The number of ether oxygens (including phenoxy) is 1. The van der Waals surface area contributed by atoms with Gasteiger partial charge in [-0.3, -0.25) is 4.79 Å². The minimum atomic E-state index is -4.47. The third-order valence-electron chi connectivity index (χ3n) is 6.44. The monoisotopic (exact) mass is 493 g/mol. The van der Waals surface area contributed by atoms with E-state index < -0.39 is 11.7 Å². The van der Waals surface area contributed by atoms with Gasteiger partial charge in [-0.15, -0.1) is 0 Å². The Kier molecular flexibility index (Phi) is 6.43. The molecule has 0 unspecified atom stereocenters. The fraction of sp³-hybridized carbons (Fsp3) is 0.286. The number of hydrogen-bond acceptors (Lipinski definition) is 3. The van der Waals surface area contributed by atoms with Gasteiger partial charge in [-0.25, -0.2) is 4.98 Å². The van der Waals surface area contributed by atoms with Crippen LogP contribution in [0.25, 0.3) is 11.0 Å². The predicted octanol–water partition coefficient (Wildman–Crippen LogP) is 6.35. The summed E-state index contributed by atoms with van der Waals surface area (Å²) >= 11 is 0. The highest BCUT2D eigenvalue weighted by Gasteiger charge is 2.36. The molecule has 0 saturated carbocycles. The number of nitrogens with zero attached hydrogens (tertiary/aromatic N) is 3. The second-order valence-electron chi connectivity index (χ2n) is 9.08. The van der Waals surface area contributed by atoms with Crippen molar-refractivity contribution in [3.05, 3.63) is 89.7 Å². The SMILES string of the molecule is Cc1cccc(OCCCn2c([C@H]3CC(=O)N(c4cccc(C(F)(F)F)c4)C3)nc3ccccc32)c1. The Labute approximate surface area is 207 Å². The minimum absolute atomic E-state index is 0.194. The van der Waals surface area contributed by atoms with Gasteiger partial charge in [0.15, 0.2) is 0 Å². The Morgan fingerprint density at radius 2 is 1.83 bits per heavy atom. The van der Waals surface area contributed by atoms with E-state index in [0.29, 0.717) is 13.2 Å². The normalized spacial score (nSPS) is 16.2. The van der Waals surface area contributed by atoms with E-state index in [0.717, 1.165) is 46.7 Å². The van der Waals surface area contributed by atoms with E-state index in [4.69, 9.17) is 9.72 Å². The zero-order chi connectivity index (χ0) is 25.3. The van der Waals surface area contributed by atoms with Crippen LogP contribution in [-0.2, 0) is 17.5 Å². The number of anilines is 1. The number of para-hydroxylation sites is 2. The van der Waals surface area contributed by atoms with Crippen LogP contribution in [0.15, 0.2) is 72.8 Å². The number of benzene rings is 3. The van der Waals surface area contributed by atoms with Gasteiger partial charge >= 0.3 is 6.18 Å². The van der Waals surface area contributed by atoms with Crippen LogP contribution in [0.5, 0.6) is 5.75 Å². The van der Waals surface area contributed by atoms with Crippen molar-refractivity contribution in [1.82, 2.24) is 9.55 Å². The first-order valence-corrected chi connectivity index (χ1v) is 11.9. The van der Waals surface area contributed by atoms with Crippen LogP contribution < -0.4 is 9.64 Å². The number of rotatable bonds is 7. The standard InChI is InChI=1S/C28H26F3N3O2/c1-19-7-4-10-23(15-19)36-14-6-13-33-25-12-3-2-11-24(25)32-27(33)20-16-26(35)34(18-20)22-9-5-8-21(17-22)28(29,30)31/h2-5,7-12,15,17,20H,6,13-14,16,18H2,1H3/t20-/m0/s1. The lowest BCUT2D eigenvalue weighted by Gasteiger charge is -2.19. The van der Waals surface area contributed by atoms with Crippen LogP contribution in [0, 0.1) is 6.92 Å². The van der Waals surface area contributed by atoms with Gasteiger partial charge in [0.25, 0.3) is 0 Å². The summed E-state index contributed by atoms with van der Waals surface area (Å²) in [5.74, 6) is 1.16. The highest BCUT2D eigenvalue weighted by atomic mass is 19.4. The van der Waals surface area contributed by atoms with Gasteiger partial charge in [0.1, 0.15) is 11.6 Å². The van der Waals surface area contributed by atoms with Gasteiger partial charge in [-0.05, 0) is 61.4 Å². The number of alkyl halides is 3. The maximum Gasteiger partial charge on any atom is 0.416 e. The molecule has 1 aromatic heterocycles. The Hall–Kier alpha value is -3.81. The molecule has 1 fully saturated rings. The van der Waals surface area contributed by atoms with Crippen molar-refractivity contribution in [2.75, 3.05) is 18.1 Å². The Bertz CT molecular complexity index is 1400. The Balaban J connectivity index is 1.35. The summed E-state index contributed by atoms with van der Waals surface area (Å²) < 4.78 is 47.7. The molecule has 5 nitrogen and oxygen atoms in total. The lowest BCUT2D eigenvalue weighted by molar-refractivity contribution is -0.137. The van der Waals surface area contributed by atoms with Crippen molar-refractivity contribution in [2.24, 2.45) is 0 Å². The average molecular weight is 494 g/mol. The summed E-state index contributed by atoms with van der Waals surface area (Å²) in [7, 11) is 0. The topological polar surface area (TPSA) is 47.4 Å². The van der Waals surface area contributed by atoms with Gasteiger partial charge in [0.2, 0.25) is 5.91 Å². The number of amides is 1. The maximum absolute atomic E-state index is 13.2. The molecule has 1 amide bonds. The number of carbonyl (C=O) groups is 1. The van der Waals surface area contributed by atoms with Crippen LogP contribution in [0.1, 0.15) is 35.7 Å². The number of hydrogen-bond donors (Lipinski definition) is 0. The molecule has 2 heterocycles. The Morgan fingerprint density at radius 1 is 1.03 bits per heavy atom. The number of fused-ring (bicyclic) bond motifs is 1. The number of aryl methyl sites for hydroxylation is 2. The molecule has 36 heavy (non-hydrogen) atoms. The summed E-state index contributed by atoms with van der Waals surface area (Å²) in [6.07, 6.45) is -3.54. The van der Waals surface area contributed by atoms with E-state index in [9.17, 15) is 18.0 Å². The molecule has 1 aliphatic heterocycles. The molecule has 5 rings (SSSR count). The third kappa shape index (κ3) is 4.94. The molecule has 3 aromatic carbocycles. The second kappa shape index (κ2) is 9.68. The van der Waals surface area contributed by atoms with Crippen LogP contribution in [0.2, 0.25) is 0 Å². The predicted molar refractivity (Wildman–Crippen MR) is 132 cm³/mol. The van der Waals surface area contributed by atoms with Crippen LogP contribution in [-0.4, -0.2) is 28.6 Å². The lowest BCUT2D eigenvalue weighted by Crippen LogP contribution is -2.25. The molecule has 0 spiro atoms. The summed E-state index contributed by atoms with van der Waals surface area (Å²) in [6.45, 7) is 3.47. The summed E-state index contributed by atoms with van der Waals surface area (Å²) in [4.78, 5) is 19.1. The molecule has 8 heteroatoms. The maximum atomic E-state index is 13.2. The fourth-order valence-corrected chi connectivity index (χ4v) is 4.74. The molecule has 0 bridgehead atoms. The van der Waals surface area contributed by atoms with E-state index in [-0.39, 0.29) is 30.5 Å². The van der Waals surface area contributed by atoms with E-state index in [1.54, 1.807) is 6.07 Å². The molecule has 0 radical (unpaired) electrons. The second-order valence-corrected chi connectivity index (χ2v) is 9.08. The summed E-state index contributed by atoms with van der Waals surface area (Å²) in [5.41, 5.74) is 2.42. The van der Waals surface area contributed by atoms with Gasteiger partial charge in [0.05, 0.1) is 23.2 Å². The van der Waals surface area contributed by atoms with Crippen molar-refractivity contribution < 1.29 is 22.7 Å². The van der Waals surface area contributed by atoms with Gasteiger partial charge in [-0.1, -0.05) is 30.3 Å². The number of halogens is 3. The van der Waals surface area contributed by atoms with Gasteiger partial charge in [-0.2, -0.15) is 13.2 Å². The molecule has 1 aliphatic rings. The van der Waals surface area contributed by atoms with E-state index in [1.165, 1.54) is 11.0 Å². The van der Waals surface area contributed by atoms with E-state index in [1.807, 2.05) is 55.5 Å². The first-order valence-electron chi connectivity index (χ1n) is 11.9. The van der Waals surface area contributed by atoms with Crippen molar-refractivity contribution in [2.45, 2.75) is 38.4 Å². The number of aromatic nitrogens is 2. The number of carbonyl (C=O) groups excluding carboxylic acids is 1. The molecule has 1 saturated heterocycles. The fourth-order valence-electron chi connectivity index (χ4n) is 4.74. The first-order chi connectivity index (χ1) is 17.3. The molecule has 1 atom stereocenters. The van der Waals surface area contributed by atoms with Crippen LogP contribution in [0.3, 0.4) is 0 Å². The summed E-state index contributed by atoms with van der Waals surface area (Å²) in [5, 5.41) is 0. The van der Waals surface area contributed by atoms with Gasteiger partial charge < -0.3 is 14.2 Å². The quantitative estimate of drug-likeness (QED) is 0.282. The third-order valence-corrected chi connectivity index (χ3v) is 6.44. The molecule has 186 valence electrons. The van der Waals surface area contributed by atoms with Crippen molar-refractivity contribution >= 4 is 22.6 Å². The van der Waals surface area contributed by atoms with Crippen LogP contribution in [0.4, 0.5) is 18.9 Å². The zero-order valence-electron chi connectivity index (χ0n) is 19.8. The molecule has 0 aliphatic carbocycles. The Morgan fingerprint density at radius 3 is 2.64 bits per heavy atom. The zero-order valence-corrected chi connectivity index (χ0v) is 19.8. The summed E-state index contributed by atoms with van der Waals surface area (Å²) in [6, 6.07) is 20.6. The molecular formula is C28H26F3N3O2. The van der Waals surface area contributed by atoms with Gasteiger partial charge in [0, 0.05) is 31.1 Å². The van der Waals surface area contributed by atoms with Crippen molar-refractivity contribution in [3.8, 4) is 5.75 Å².